The summed E-state index contributed by atoms with van der Waals surface area (Å²) in [4.78, 5) is 87.1. The van der Waals surface area contributed by atoms with Gasteiger partial charge in [0.15, 0.2) is 0 Å². The van der Waals surface area contributed by atoms with Crippen LogP contribution in [0.3, 0.4) is 0 Å². The first-order chi connectivity index (χ1) is 45.2. The van der Waals surface area contributed by atoms with Gasteiger partial charge in [-0.15, -0.1) is 10.2 Å². The minimum absolute atomic E-state index is 0. The maximum Gasteiger partial charge on any atom is 1.00 e. The van der Waals surface area contributed by atoms with Crippen LogP contribution in [0.1, 0.15) is 130 Å². The number of carboxylic acid groups (broad SMARTS) is 3. The topological polar surface area (TPSA) is 352 Å². The zero-order valence-electron chi connectivity index (χ0n) is 58.1. The number of carbonyl (C=O) groups is 7. The van der Waals surface area contributed by atoms with Gasteiger partial charge in [-0.05, 0) is 112 Å². The van der Waals surface area contributed by atoms with Gasteiger partial charge in [0.25, 0.3) is 0 Å². The predicted molar refractivity (Wildman–Crippen MR) is 355 cm³/mol. The second-order valence-corrected chi connectivity index (χ2v) is 23.5. The van der Waals surface area contributed by atoms with Crippen LogP contribution in [0.15, 0.2) is 152 Å². The van der Waals surface area contributed by atoms with Gasteiger partial charge >= 0.3 is 101 Å². The molecule has 8 aromatic rings. The van der Waals surface area contributed by atoms with Crippen LogP contribution in [0.25, 0.3) is 56.2 Å². The third kappa shape index (κ3) is 27.1. The summed E-state index contributed by atoms with van der Waals surface area (Å²) in [6.07, 6.45) is 4.31. The van der Waals surface area contributed by atoms with E-state index in [0.29, 0.717) is 43.9 Å². The fraction of sp³-hybridized carbons (Fsp3) is 0.375. The van der Waals surface area contributed by atoms with Crippen molar-refractivity contribution in [3.05, 3.63) is 168 Å². The van der Waals surface area contributed by atoms with Crippen molar-refractivity contribution in [3.8, 4) is 56.2 Å². The summed E-state index contributed by atoms with van der Waals surface area (Å²) in [5.41, 5.74) is 10.4. The largest absolute Gasteiger partial charge is 1.00 e. The monoisotopic (exact) mass is 1370 g/mol. The predicted octanol–water partition coefficient (Wildman–Crippen LogP) is -0.695. The van der Waals surface area contributed by atoms with Gasteiger partial charge in [0, 0.05) is 55.8 Å². The fourth-order valence-corrected chi connectivity index (χ4v) is 10.8. The number of amides is 3. The molecule has 0 bridgehead atoms. The van der Waals surface area contributed by atoms with Crippen LogP contribution in [-0.4, -0.2) is 123 Å². The minimum Gasteiger partial charge on any atom is -0.550 e. The number of H-pyrrole nitrogens is 1. The van der Waals surface area contributed by atoms with Crippen molar-refractivity contribution in [1.82, 2.24) is 56.4 Å². The first-order valence-electron chi connectivity index (χ1n) is 31.8. The smallest absolute Gasteiger partial charge is 0.550 e. The molecule has 0 saturated carbocycles. The summed E-state index contributed by atoms with van der Waals surface area (Å²) in [6, 6.07) is 46.9. The molecule has 6 aromatic carbocycles. The summed E-state index contributed by atoms with van der Waals surface area (Å²) >= 11 is 0. The molecule has 0 aliphatic rings. The molecule has 504 valence electrons. The van der Waals surface area contributed by atoms with Crippen LogP contribution in [0.4, 0.5) is 0 Å². The molecule has 2 heterocycles. The minimum atomic E-state index is -1.27. The van der Waals surface area contributed by atoms with E-state index < -0.39 is 30.0 Å². The molecule has 8 rings (SSSR count). The molecule has 26 heteroatoms. The number of nitrogens with one attached hydrogen (secondary N) is 2. The van der Waals surface area contributed by atoms with Gasteiger partial charge in [0.1, 0.15) is 6.04 Å². The van der Waals surface area contributed by atoms with E-state index in [1.165, 1.54) is 9.80 Å². The number of benzene rings is 6. The standard InChI is InChI=1S/2C24H29N5O3.C24H29NO5.3Na.H2O/c2*1-4-5-10-21(30)29(22(16(2)3)24(31)32)15-17-11-13-18(14-12-17)19-8-6-7-9-20(19)23-25-27-28-26-23;1-3-30-24(29)17(2)15-21(25-22(26)13-14-23(27)28)16-18-9-11-20(12-10-18)19-7-5-4-6-8-19;;;;/h6-9,11-14,16,22H,4-5,10,15H2,1-3H3,(H,31,32)(H,25,26,27,28);6-9,11-14,16,22H,4-5,10,15H2,1-3H3,(H2,25,26,27,28,31,32);4-12,17,21H,3,13-16H2,1-2H3,(H,25,26)(H,27,28);;;;1H2/q;;;3*+1;/p-3/t2*22-;17-,21+;;;;/m001..../s1. The molecule has 2 aromatic heterocycles. The molecule has 0 fully saturated rings. The van der Waals surface area contributed by atoms with E-state index in [-0.39, 0.29) is 168 Å². The Morgan fingerprint density at radius 1 is 0.571 bits per heavy atom. The number of ether oxygens (including phenoxy) is 1. The van der Waals surface area contributed by atoms with Gasteiger partial charge in [-0.25, -0.2) is 4.79 Å². The first-order valence-corrected chi connectivity index (χ1v) is 31.8. The van der Waals surface area contributed by atoms with Gasteiger partial charge in [-0.1, -0.05) is 213 Å². The number of aromatic amines is 1. The molecule has 4 atom stereocenters. The Bertz CT molecular complexity index is 3510. The van der Waals surface area contributed by atoms with Gasteiger partial charge in [-0.3, -0.25) is 29.5 Å². The maximum absolute atomic E-state index is 12.9. The van der Waals surface area contributed by atoms with Gasteiger partial charge in [0.2, 0.25) is 23.5 Å². The molecule has 0 aliphatic heterocycles. The maximum atomic E-state index is 12.9. The molecule has 3 amide bonds. The number of unbranched alkanes of at least 4 members (excludes halogenated alkanes) is 2. The molecule has 5 N–H and O–H groups in total. The summed E-state index contributed by atoms with van der Waals surface area (Å²) in [5, 5.41) is 64.3. The van der Waals surface area contributed by atoms with Crippen molar-refractivity contribution in [2.45, 2.75) is 151 Å². The van der Waals surface area contributed by atoms with Crippen LogP contribution in [0.2, 0.25) is 0 Å². The normalized spacial score (nSPS) is 11.7. The van der Waals surface area contributed by atoms with Crippen molar-refractivity contribution in [1.29, 1.82) is 0 Å². The fourth-order valence-electron chi connectivity index (χ4n) is 10.8. The third-order valence-corrected chi connectivity index (χ3v) is 15.6. The number of carboxylic acids is 3. The number of aromatic nitrogens is 8. The number of hydrogen-bond acceptors (Lipinski definition) is 16. The van der Waals surface area contributed by atoms with E-state index in [9.17, 15) is 48.9 Å². The Balaban J connectivity index is 0.000000490. The summed E-state index contributed by atoms with van der Waals surface area (Å²) in [5.74, 6) is -4.34. The molecule has 0 spiro atoms. The molecule has 0 radical (unpaired) electrons. The van der Waals surface area contributed by atoms with Crippen LogP contribution >= 0.6 is 0 Å². The SMILES string of the molecule is CCCCC(=O)N(Cc1ccc(-c2ccccc2-c2nn[nH]n2)cc1)[C@H](C(=O)O)C(C)C.CCCCC(=O)N(Cc1ccc(-c2ccccc2-c2nnn[n-]2)cc1)[C@H](C(=O)[O-])C(C)C.CCOC(=O)[C@H](C)C[C@@H](Cc1ccc(-c2ccccc2)cc1)NC(=O)CCC(=O)[O-].O.[Na+].[Na+].[Na+]. The van der Waals surface area contributed by atoms with Crippen LogP contribution in [0, 0.1) is 17.8 Å². The molecule has 0 aliphatic carbocycles. The summed E-state index contributed by atoms with van der Waals surface area (Å²) in [7, 11) is 0. The number of carbonyl (C=O) groups excluding carboxylic acids is 6. The number of esters is 1. The number of hydrogen-bond donors (Lipinski definition) is 3. The molecule has 0 saturated heterocycles. The number of nitrogens with zero attached hydrogens (tertiary/aromatic N) is 9. The van der Waals surface area contributed by atoms with Crippen molar-refractivity contribution in [2.24, 2.45) is 17.8 Å². The van der Waals surface area contributed by atoms with Crippen molar-refractivity contribution in [3.63, 3.8) is 0 Å². The quantitative estimate of drug-likeness (QED) is 0.0357. The van der Waals surface area contributed by atoms with E-state index in [2.05, 4.69) is 46.6 Å². The Morgan fingerprint density at radius 2 is 1.04 bits per heavy atom. The van der Waals surface area contributed by atoms with E-state index in [1.54, 1.807) is 27.7 Å². The Hall–Kier alpha value is -7.29. The second-order valence-electron chi connectivity index (χ2n) is 23.5. The Morgan fingerprint density at radius 3 is 1.49 bits per heavy atom. The Labute approximate surface area is 639 Å². The average Bonchev–Trinajstić information content (AvgIpc) is 1.61. The molecular formula is C72H86N11Na3O12. The number of aliphatic carboxylic acids is 3. The van der Waals surface area contributed by atoms with Crippen LogP contribution < -0.4 is 109 Å². The molecule has 98 heavy (non-hydrogen) atoms. The van der Waals surface area contributed by atoms with E-state index in [0.717, 1.165) is 86.9 Å². The zero-order valence-corrected chi connectivity index (χ0v) is 64.1. The Kier molecular flexibility index (Phi) is 40.2. The van der Waals surface area contributed by atoms with Crippen molar-refractivity contribution >= 4 is 41.6 Å². The van der Waals surface area contributed by atoms with Crippen molar-refractivity contribution in [2.75, 3.05) is 6.61 Å². The molecular weight excluding hydrogens is 1280 g/mol. The van der Waals surface area contributed by atoms with Gasteiger partial charge < -0.3 is 55.3 Å². The van der Waals surface area contributed by atoms with Crippen LogP contribution in [0.5, 0.6) is 0 Å². The zero-order chi connectivity index (χ0) is 68.1. The van der Waals surface area contributed by atoms with E-state index in [4.69, 9.17) is 4.74 Å². The molecule has 0 unspecified atom stereocenters. The third-order valence-electron chi connectivity index (χ3n) is 15.6. The number of rotatable bonds is 31. The van der Waals surface area contributed by atoms with E-state index in [1.807, 2.05) is 179 Å². The average molecular weight is 1370 g/mol. The summed E-state index contributed by atoms with van der Waals surface area (Å²) < 4.78 is 5.07. The van der Waals surface area contributed by atoms with Gasteiger partial charge in [0.05, 0.1) is 24.5 Å². The first kappa shape index (κ1) is 86.8. The van der Waals surface area contributed by atoms with Crippen molar-refractivity contribution < 1.29 is 148 Å². The summed E-state index contributed by atoms with van der Waals surface area (Å²) in [6.45, 7) is 15.5. The number of tetrazole rings is 2. The van der Waals surface area contributed by atoms with Gasteiger partial charge in [-0.2, -0.15) is 10.4 Å². The molecule has 23 nitrogen and oxygen atoms in total. The second kappa shape index (κ2) is 45.4. The van der Waals surface area contributed by atoms with Crippen LogP contribution in [-0.2, 0) is 57.8 Å². The van der Waals surface area contributed by atoms with E-state index >= 15 is 0 Å².